The highest BCUT2D eigenvalue weighted by molar-refractivity contribution is 7.86. The van der Waals surface area contributed by atoms with Crippen LogP contribution < -0.4 is 0 Å². The maximum absolute atomic E-state index is 12.8. The van der Waals surface area contributed by atoms with E-state index in [-0.39, 0.29) is 31.4 Å². The summed E-state index contributed by atoms with van der Waals surface area (Å²) in [7, 11) is -3.55. The fourth-order valence-corrected chi connectivity index (χ4v) is 4.65. The lowest BCUT2D eigenvalue weighted by molar-refractivity contribution is -0.0618. The molecular formula is C12H24N2O5S. The van der Waals surface area contributed by atoms with Gasteiger partial charge >= 0.3 is 0 Å². The fraction of sp³-hybridized carbons (Fsp3) is 1.00. The molecule has 7 nitrogen and oxygen atoms in total. The normalized spacial score (nSPS) is 38.0. The molecule has 0 bridgehead atoms. The largest absolute Gasteiger partial charge is 0.394 e. The van der Waals surface area contributed by atoms with Gasteiger partial charge in [-0.15, -0.1) is 0 Å². The van der Waals surface area contributed by atoms with Gasteiger partial charge in [-0.3, -0.25) is 0 Å². The van der Waals surface area contributed by atoms with Gasteiger partial charge in [-0.2, -0.15) is 17.0 Å². The van der Waals surface area contributed by atoms with Crippen LogP contribution in [0.15, 0.2) is 0 Å². The van der Waals surface area contributed by atoms with Crippen molar-refractivity contribution >= 4 is 10.2 Å². The van der Waals surface area contributed by atoms with Crippen molar-refractivity contribution in [2.24, 2.45) is 0 Å². The second kappa shape index (κ2) is 6.25. The molecule has 2 saturated heterocycles. The Morgan fingerprint density at radius 2 is 1.75 bits per heavy atom. The van der Waals surface area contributed by atoms with Crippen molar-refractivity contribution < 1.29 is 23.0 Å². The Bertz CT molecular complexity index is 420. The smallest absolute Gasteiger partial charge is 0.282 e. The van der Waals surface area contributed by atoms with E-state index >= 15 is 0 Å². The van der Waals surface area contributed by atoms with E-state index in [1.165, 1.54) is 8.61 Å². The molecule has 0 spiro atoms. The first kappa shape index (κ1) is 16.1. The van der Waals surface area contributed by atoms with Gasteiger partial charge in [0, 0.05) is 25.7 Å². The molecule has 4 atom stereocenters. The average Bonchev–Trinajstić information content (AvgIpc) is 2.38. The fourth-order valence-electron chi connectivity index (χ4n) is 2.69. The summed E-state index contributed by atoms with van der Waals surface area (Å²) in [6, 6.07) is -0.226. The third-order valence-corrected chi connectivity index (χ3v) is 5.71. The second-order valence-electron chi connectivity index (χ2n) is 5.64. The SMILES string of the molecule is CC1CN(S(=O)(=O)N2CC(CO)OCC2C)CC(C)O1. The van der Waals surface area contributed by atoms with Crippen molar-refractivity contribution in [3.8, 4) is 0 Å². The van der Waals surface area contributed by atoms with Gasteiger partial charge in [0.25, 0.3) is 10.2 Å². The highest BCUT2D eigenvalue weighted by Crippen LogP contribution is 2.22. The van der Waals surface area contributed by atoms with Gasteiger partial charge in [0.1, 0.15) is 0 Å². The third kappa shape index (κ3) is 3.32. The van der Waals surface area contributed by atoms with Crippen LogP contribution >= 0.6 is 0 Å². The summed E-state index contributed by atoms with van der Waals surface area (Å²) in [5.74, 6) is 0. The molecule has 118 valence electrons. The zero-order valence-electron chi connectivity index (χ0n) is 12.2. The van der Waals surface area contributed by atoms with Crippen molar-refractivity contribution in [1.82, 2.24) is 8.61 Å². The molecule has 2 rings (SSSR count). The predicted octanol–water partition coefficient (Wildman–Crippen LogP) is -0.578. The van der Waals surface area contributed by atoms with E-state index in [0.29, 0.717) is 19.7 Å². The number of morpholine rings is 2. The zero-order valence-corrected chi connectivity index (χ0v) is 13.0. The highest BCUT2D eigenvalue weighted by atomic mass is 32.2. The second-order valence-corrected chi connectivity index (χ2v) is 7.52. The summed E-state index contributed by atoms with van der Waals surface area (Å²) in [6.45, 7) is 6.61. The molecule has 0 aromatic carbocycles. The number of hydrogen-bond donors (Lipinski definition) is 1. The first-order valence-electron chi connectivity index (χ1n) is 6.99. The van der Waals surface area contributed by atoms with Crippen molar-refractivity contribution in [1.29, 1.82) is 0 Å². The monoisotopic (exact) mass is 308 g/mol. The number of aliphatic hydroxyl groups is 1. The minimum absolute atomic E-state index is 0.112. The molecule has 0 radical (unpaired) electrons. The Balaban J connectivity index is 2.15. The van der Waals surface area contributed by atoms with E-state index in [0.717, 1.165) is 0 Å². The molecule has 0 aromatic heterocycles. The van der Waals surface area contributed by atoms with Gasteiger partial charge in [0.2, 0.25) is 0 Å². The number of aliphatic hydroxyl groups excluding tert-OH is 1. The van der Waals surface area contributed by atoms with Crippen LogP contribution in [0.25, 0.3) is 0 Å². The molecule has 8 heteroatoms. The van der Waals surface area contributed by atoms with Gasteiger partial charge in [0.15, 0.2) is 0 Å². The van der Waals surface area contributed by atoms with Gasteiger partial charge in [-0.1, -0.05) is 0 Å². The molecule has 2 fully saturated rings. The lowest BCUT2D eigenvalue weighted by atomic mass is 10.2. The van der Waals surface area contributed by atoms with Gasteiger partial charge in [0.05, 0.1) is 31.5 Å². The number of nitrogens with zero attached hydrogens (tertiary/aromatic N) is 2. The van der Waals surface area contributed by atoms with Crippen molar-refractivity contribution in [3.63, 3.8) is 0 Å². The average molecular weight is 308 g/mol. The minimum Gasteiger partial charge on any atom is -0.394 e. The molecule has 4 unspecified atom stereocenters. The summed E-state index contributed by atoms with van der Waals surface area (Å²) in [5.41, 5.74) is 0. The molecule has 2 aliphatic rings. The molecule has 2 aliphatic heterocycles. The van der Waals surface area contributed by atoms with Crippen LogP contribution in [-0.4, -0.2) is 79.3 Å². The van der Waals surface area contributed by atoms with Crippen molar-refractivity contribution in [2.75, 3.05) is 32.8 Å². The van der Waals surface area contributed by atoms with Crippen LogP contribution in [0.5, 0.6) is 0 Å². The maximum atomic E-state index is 12.8. The summed E-state index contributed by atoms with van der Waals surface area (Å²) in [4.78, 5) is 0. The molecule has 2 heterocycles. The summed E-state index contributed by atoms with van der Waals surface area (Å²) in [6.07, 6.45) is -0.672. The van der Waals surface area contributed by atoms with E-state index < -0.39 is 16.3 Å². The van der Waals surface area contributed by atoms with Crippen LogP contribution in [0, 0.1) is 0 Å². The first-order chi connectivity index (χ1) is 9.34. The third-order valence-electron chi connectivity index (χ3n) is 3.66. The minimum atomic E-state index is -3.55. The standard InChI is InChI=1S/C12H24N2O5S/c1-9-8-18-12(7-15)6-14(9)20(16,17)13-4-10(2)19-11(3)5-13/h9-12,15H,4-8H2,1-3H3. The van der Waals surface area contributed by atoms with E-state index in [1.54, 1.807) is 0 Å². The topological polar surface area (TPSA) is 79.3 Å². The van der Waals surface area contributed by atoms with Crippen LogP contribution in [0.2, 0.25) is 0 Å². The lowest BCUT2D eigenvalue weighted by Gasteiger charge is -2.42. The van der Waals surface area contributed by atoms with E-state index in [2.05, 4.69) is 0 Å². The Morgan fingerprint density at radius 3 is 2.30 bits per heavy atom. The van der Waals surface area contributed by atoms with Crippen LogP contribution in [-0.2, 0) is 19.7 Å². The van der Waals surface area contributed by atoms with Gasteiger partial charge < -0.3 is 14.6 Å². The van der Waals surface area contributed by atoms with E-state index in [9.17, 15) is 13.5 Å². The van der Waals surface area contributed by atoms with Crippen LogP contribution in [0.4, 0.5) is 0 Å². The summed E-state index contributed by atoms with van der Waals surface area (Å²) >= 11 is 0. The lowest BCUT2D eigenvalue weighted by Crippen LogP contribution is -2.59. The quantitative estimate of drug-likeness (QED) is 0.755. The molecule has 1 N–H and O–H groups in total. The van der Waals surface area contributed by atoms with E-state index in [4.69, 9.17) is 9.47 Å². The van der Waals surface area contributed by atoms with E-state index in [1.807, 2.05) is 20.8 Å². The van der Waals surface area contributed by atoms with Crippen LogP contribution in [0.3, 0.4) is 0 Å². The van der Waals surface area contributed by atoms with Crippen molar-refractivity contribution in [2.45, 2.75) is 45.1 Å². The summed E-state index contributed by atoms with van der Waals surface area (Å²) < 4.78 is 39.4. The molecule has 0 saturated carbocycles. The molecule has 0 aromatic rings. The van der Waals surface area contributed by atoms with Gasteiger partial charge in [-0.05, 0) is 20.8 Å². The first-order valence-corrected chi connectivity index (χ1v) is 8.39. The predicted molar refractivity (Wildman–Crippen MR) is 73.5 cm³/mol. The highest BCUT2D eigenvalue weighted by Gasteiger charge is 2.40. The Hall–Kier alpha value is -0.250. The zero-order chi connectivity index (χ0) is 14.9. The number of rotatable bonds is 3. The molecule has 0 aliphatic carbocycles. The Kier molecular flexibility index (Phi) is 5.04. The number of hydrogen-bond acceptors (Lipinski definition) is 5. The molecular weight excluding hydrogens is 284 g/mol. The Morgan fingerprint density at radius 1 is 1.15 bits per heavy atom. The molecule has 0 amide bonds. The molecule has 20 heavy (non-hydrogen) atoms. The Labute approximate surface area is 120 Å². The number of ether oxygens (including phenoxy) is 2. The maximum Gasteiger partial charge on any atom is 0.282 e. The van der Waals surface area contributed by atoms with Crippen LogP contribution in [0.1, 0.15) is 20.8 Å². The van der Waals surface area contributed by atoms with Gasteiger partial charge in [-0.25, -0.2) is 0 Å². The summed E-state index contributed by atoms with van der Waals surface area (Å²) in [5, 5.41) is 9.18. The van der Waals surface area contributed by atoms with Crippen molar-refractivity contribution in [3.05, 3.63) is 0 Å².